The Balaban J connectivity index is 2.82. The molecule has 0 aromatic carbocycles. The van der Waals surface area contributed by atoms with Crippen LogP contribution in [-0.2, 0) is 14.3 Å². The molecule has 0 bridgehead atoms. The number of alkyl halides is 5. The number of hydrogen-bond donors (Lipinski definition) is 1. The van der Waals surface area contributed by atoms with Crippen molar-refractivity contribution in [2.75, 3.05) is 6.54 Å². The highest BCUT2D eigenvalue weighted by Gasteiger charge is 2.50. The molecule has 1 rings (SSSR count). The van der Waals surface area contributed by atoms with E-state index in [0.717, 1.165) is 0 Å². The van der Waals surface area contributed by atoms with Crippen LogP contribution in [0.4, 0.5) is 22.0 Å². The molecule has 1 aliphatic rings. The molecule has 5 nitrogen and oxygen atoms in total. The maximum absolute atomic E-state index is 12.2. The number of amides is 1. The molecular formula is C8H8F5NO4. The van der Waals surface area contributed by atoms with E-state index in [1.165, 1.54) is 0 Å². The van der Waals surface area contributed by atoms with Crippen LogP contribution in [0.1, 0.15) is 6.42 Å². The lowest BCUT2D eigenvalue weighted by atomic mass is 10.2. The van der Waals surface area contributed by atoms with Crippen molar-refractivity contribution in [1.29, 1.82) is 0 Å². The van der Waals surface area contributed by atoms with E-state index >= 15 is 0 Å². The Hall–Kier alpha value is -1.45. The SMILES string of the molecule is O=C(O)[C@@H]1C[C@H](OC(F)F)CN1C(=O)C(F)(F)F. The van der Waals surface area contributed by atoms with Crippen LogP contribution in [0.2, 0.25) is 0 Å². The molecule has 1 N–H and O–H groups in total. The molecule has 0 spiro atoms. The Morgan fingerprint density at radius 1 is 1.33 bits per heavy atom. The molecule has 1 aliphatic heterocycles. The molecule has 1 saturated heterocycles. The molecule has 1 fully saturated rings. The van der Waals surface area contributed by atoms with Crippen LogP contribution < -0.4 is 0 Å². The molecule has 0 unspecified atom stereocenters. The second-order valence-corrected chi connectivity index (χ2v) is 3.56. The van der Waals surface area contributed by atoms with Crippen LogP contribution in [0.25, 0.3) is 0 Å². The zero-order valence-electron chi connectivity index (χ0n) is 8.66. The van der Waals surface area contributed by atoms with Crippen molar-refractivity contribution in [3.8, 4) is 0 Å². The number of hydrogen-bond acceptors (Lipinski definition) is 3. The second kappa shape index (κ2) is 5.04. The van der Waals surface area contributed by atoms with Gasteiger partial charge in [-0.05, 0) is 0 Å². The number of carboxylic acids is 1. The highest BCUT2D eigenvalue weighted by molar-refractivity contribution is 5.87. The summed E-state index contributed by atoms with van der Waals surface area (Å²) >= 11 is 0. The van der Waals surface area contributed by atoms with E-state index in [9.17, 15) is 31.5 Å². The van der Waals surface area contributed by atoms with Crippen molar-refractivity contribution in [2.24, 2.45) is 0 Å². The summed E-state index contributed by atoms with van der Waals surface area (Å²) in [4.78, 5) is 21.6. The lowest BCUT2D eigenvalue weighted by Crippen LogP contribution is -2.47. The van der Waals surface area contributed by atoms with E-state index in [0.29, 0.717) is 0 Å². The van der Waals surface area contributed by atoms with Crippen molar-refractivity contribution in [1.82, 2.24) is 4.90 Å². The molecule has 104 valence electrons. The smallest absolute Gasteiger partial charge is 0.471 e. The number of rotatable bonds is 3. The van der Waals surface area contributed by atoms with Crippen LogP contribution in [0.3, 0.4) is 0 Å². The molecule has 10 heteroatoms. The highest BCUT2D eigenvalue weighted by atomic mass is 19.4. The van der Waals surface area contributed by atoms with Gasteiger partial charge in [-0.15, -0.1) is 0 Å². The van der Waals surface area contributed by atoms with E-state index in [1.807, 2.05) is 0 Å². The molecule has 18 heavy (non-hydrogen) atoms. The summed E-state index contributed by atoms with van der Waals surface area (Å²) < 4.78 is 64.2. The Bertz CT molecular complexity index is 345. The Morgan fingerprint density at radius 3 is 2.28 bits per heavy atom. The summed E-state index contributed by atoms with van der Waals surface area (Å²) in [5, 5.41) is 8.65. The zero-order chi connectivity index (χ0) is 14.1. The van der Waals surface area contributed by atoms with Gasteiger partial charge in [0.2, 0.25) is 0 Å². The van der Waals surface area contributed by atoms with Gasteiger partial charge in [0, 0.05) is 13.0 Å². The third-order valence-corrected chi connectivity index (χ3v) is 2.35. The number of carbonyl (C=O) groups excluding carboxylic acids is 1. The predicted octanol–water partition coefficient (Wildman–Crippen LogP) is 0.842. The minimum Gasteiger partial charge on any atom is -0.480 e. The number of likely N-dealkylation sites (tertiary alicyclic amines) is 1. The fraction of sp³-hybridized carbons (Fsp3) is 0.750. The van der Waals surface area contributed by atoms with Crippen LogP contribution in [0.15, 0.2) is 0 Å². The maximum atomic E-state index is 12.2. The van der Waals surface area contributed by atoms with Gasteiger partial charge < -0.3 is 14.7 Å². The van der Waals surface area contributed by atoms with Crippen molar-refractivity contribution in [2.45, 2.75) is 31.4 Å². The predicted molar refractivity (Wildman–Crippen MR) is 44.7 cm³/mol. The molecule has 0 saturated carbocycles. The number of carboxylic acid groups (broad SMARTS) is 1. The summed E-state index contributed by atoms with van der Waals surface area (Å²) in [5.74, 6) is -4.08. The lowest BCUT2D eigenvalue weighted by Gasteiger charge is -2.22. The van der Waals surface area contributed by atoms with Crippen molar-refractivity contribution < 1.29 is 41.4 Å². The van der Waals surface area contributed by atoms with Gasteiger partial charge in [-0.1, -0.05) is 0 Å². The first-order valence-corrected chi connectivity index (χ1v) is 4.67. The maximum Gasteiger partial charge on any atom is 0.471 e. The lowest BCUT2D eigenvalue weighted by molar-refractivity contribution is -0.189. The average molecular weight is 277 g/mol. The monoisotopic (exact) mass is 277 g/mol. The van der Waals surface area contributed by atoms with E-state index < -0.39 is 49.8 Å². The first-order chi connectivity index (χ1) is 8.12. The van der Waals surface area contributed by atoms with E-state index in [-0.39, 0.29) is 4.90 Å². The summed E-state index contributed by atoms with van der Waals surface area (Å²) in [6.07, 6.45) is -7.30. The largest absolute Gasteiger partial charge is 0.480 e. The van der Waals surface area contributed by atoms with Crippen LogP contribution in [0.5, 0.6) is 0 Å². The molecule has 0 aromatic rings. The van der Waals surface area contributed by atoms with Crippen molar-refractivity contribution in [3.63, 3.8) is 0 Å². The Kier molecular flexibility index (Phi) is 4.09. The molecular weight excluding hydrogens is 269 g/mol. The first kappa shape index (κ1) is 14.6. The molecule has 1 heterocycles. The molecule has 0 aromatic heterocycles. The van der Waals surface area contributed by atoms with Gasteiger partial charge >= 0.3 is 24.7 Å². The highest BCUT2D eigenvalue weighted by Crippen LogP contribution is 2.28. The van der Waals surface area contributed by atoms with Gasteiger partial charge in [0.15, 0.2) is 0 Å². The number of nitrogens with zero attached hydrogens (tertiary/aromatic N) is 1. The van der Waals surface area contributed by atoms with E-state index in [2.05, 4.69) is 4.74 Å². The quantitative estimate of drug-likeness (QED) is 0.776. The summed E-state index contributed by atoms with van der Waals surface area (Å²) in [6.45, 7) is -4.08. The van der Waals surface area contributed by atoms with E-state index in [4.69, 9.17) is 5.11 Å². The van der Waals surface area contributed by atoms with Crippen molar-refractivity contribution in [3.05, 3.63) is 0 Å². The third kappa shape index (κ3) is 3.28. The minimum absolute atomic E-state index is 0.0185. The molecule has 2 atom stereocenters. The van der Waals surface area contributed by atoms with Gasteiger partial charge in [-0.25, -0.2) is 4.79 Å². The summed E-state index contributed by atoms with van der Waals surface area (Å²) in [5.41, 5.74) is 0. The zero-order valence-corrected chi connectivity index (χ0v) is 8.66. The van der Waals surface area contributed by atoms with Gasteiger partial charge in [-0.3, -0.25) is 4.79 Å². The molecule has 1 amide bonds. The molecule has 0 radical (unpaired) electrons. The number of halogens is 5. The summed E-state index contributed by atoms with van der Waals surface area (Å²) in [7, 11) is 0. The fourth-order valence-electron chi connectivity index (χ4n) is 1.66. The van der Waals surface area contributed by atoms with Crippen LogP contribution in [0, 0.1) is 0 Å². The minimum atomic E-state index is -5.26. The first-order valence-electron chi connectivity index (χ1n) is 4.67. The standard InChI is InChI=1S/C8H8F5NO4/c9-7(10)18-3-1-4(5(15)16)14(2-3)6(17)8(11,12)13/h3-4,7H,1-2H2,(H,15,16)/t3-,4-/m0/s1. The van der Waals surface area contributed by atoms with Gasteiger partial charge in [0.25, 0.3) is 0 Å². The van der Waals surface area contributed by atoms with Gasteiger partial charge in [-0.2, -0.15) is 22.0 Å². The number of carbonyl (C=O) groups is 2. The van der Waals surface area contributed by atoms with Crippen molar-refractivity contribution >= 4 is 11.9 Å². The normalized spacial score (nSPS) is 24.7. The summed E-state index contributed by atoms with van der Waals surface area (Å²) in [6, 6.07) is -1.82. The molecule has 0 aliphatic carbocycles. The topological polar surface area (TPSA) is 66.8 Å². The second-order valence-electron chi connectivity index (χ2n) is 3.56. The van der Waals surface area contributed by atoms with Crippen LogP contribution in [-0.4, -0.2) is 53.4 Å². The Morgan fingerprint density at radius 2 is 1.89 bits per heavy atom. The van der Waals surface area contributed by atoms with Crippen LogP contribution >= 0.6 is 0 Å². The number of ether oxygens (including phenoxy) is 1. The van der Waals surface area contributed by atoms with Gasteiger partial charge in [0.05, 0.1) is 6.10 Å². The van der Waals surface area contributed by atoms with E-state index in [1.54, 1.807) is 0 Å². The number of aliphatic carboxylic acids is 1. The average Bonchev–Trinajstić information content (AvgIpc) is 2.57. The fourth-order valence-corrected chi connectivity index (χ4v) is 1.66. The Labute approximate surface area is 97.1 Å². The third-order valence-electron chi connectivity index (χ3n) is 2.35. The van der Waals surface area contributed by atoms with Gasteiger partial charge in [0.1, 0.15) is 6.04 Å².